The molecule has 0 saturated heterocycles. The maximum absolute atomic E-state index is 12.8. The fourth-order valence-corrected chi connectivity index (χ4v) is 5.82. The van der Waals surface area contributed by atoms with Crippen molar-refractivity contribution in [3.63, 3.8) is 0 Å². The van der Waals surface area contributed by atoms with E-state index in [-0.39, 0.29) is 17.4 Å². The van der Waals surface area contributed by atoms with Crippen molar-refractivity contribution in [1.29, 1.82) is 0 Å². The second-order valence-electron chi connectivity index (χ2n) is 7.68. The van der Waals surface area contributed by atoms with Crippen LogP contribution >= 0.6 is 0 Å². The van der Waals surface area contributed by atoms with Crippen LogP contribution in [0, 0.1) is 23.2 Å². The highest BCUT2D eigenvalue weighted by atomic mass is 16.2. The van der Waals surface area contributed by atoms with Crippen molar-refractivity contribution in [2.24, 2.45) is 33.9 Å². The minimum absolute atomic E-state index is 0.106. The van der Waals surface area contributed by atoms with Crippen LogP contribution in [0.4, 0.5) is 0 Å². The molecule has 0 radical (unpaired) electrons. The molecule has 0 aromatic heterocycles. The number of carbonyl (C=O) groups excluding carboxylic acids is 1. The highest BCUT2D eigenvalue weighted by Gasteiger charge is 2.55. The van der Waals surface area contributed by atoms with E-state index in [1.54, 1.807) is 0 Å². The first kappa shape index (κ1) is 12.8. The van der Waals surface area contributed by atoms with Gasteiger partial charge in [-0.1, -0.05) is 0 Å². The largest absolute Gasteiger partial charge is 0.319 e. The third-order valence-corrected chi connectivity index (χ3v) is 6.33. The van der Waals surface area contributed by atoms with Crippen LogP contribution in [0.25, 0.3) is 0 Å². The maximum atomic E-state index is 12.8. The molecule has 4 saturated carbocycles. The molecule has 0 aromatic carbocycles. The molecule has 4 bridgehead atoms. The van der Waals surface area contributed by atoms with Crippen molar-refractivity contribution in [3.8, 4) is 0 Å². The Morgan fingerprint density at radius 2 is 1.80 bits per heavy atom. The summed E-state index contributed by atoms with van der Waals surface area (Å²) in [6.07, 6.45) is 7.75. The number of rotatable bonds is 2. The van der Waals surface area contributed by atoms with Crippen LogP contribution in [0.3, 0.4) is 0 Å². The molecule has 1 amide bonds. The second kappa shape index (κ2) is 4.30. The van der Waals surface area contributed by atoms with Gasteiger partial charge in [0, 0.05) is 6.54 Å². The lowest BCUT2D eigenvalue weighted by atomic mass is 9.47. The van der Waals surface area contributed by atoms with Crippen molar-refractivity contribution >= 4 is 11.7 Å². The summed E-state index contributed by atoms with van der Waals surface area (Å²) in [4.78, 5) is 18.9. The Labute approximate surface area is 120 Å². The average Bonchev–Trinajstić information content (AvgIpc) is 2.81. The summed E-state index contributed by atoms with van der Waals surface area (Å²) in [5.41, 5.74) is 6.62. The SMILES string of the molecule is CC1=NCCN1C(=O)C(N)C12CC3CC(CC(C3)C1)C2. The quantitative estimate of drug-likeness (QED) is 0.835. The molecule has 0 spiro atoms. The van der Waals surface area contributed by atoms with Gasteiger partial charge in [0.05, 0.1) is 12.6 Å². The zero-order chi connectivity index (χ0) is 13.9. The van der Waals surface area contributed by atoms with E-state index in [2.05, 4.69) is 4.99 Å². The summed E-state index contributed by atoms with van der Waals surface area (Å²) < 4.78 is 0. The van der Waals surface area contributed by atoms with Gasteiger partial charge in [0.15, 0.2) is 0 Å². The molecular weight excluding hydrogens is 250 g/mol. The maximum Gasteiger partial charge on any atom is 0.245 e. The number of amides is 1. The summed E-state index contributed by atoms with van der Waals surface area (Å²) >= 11 is 0. The van der Waals surface area contributed by atoms with Gasteiger partial charge in [-0.05, 0) is 68.6 Å². The molecule has 4 aliphatic carbocycles. The molecule has 5 rings (SSSR count). The van der Waals surface area contributed by atoms with Gasteiger partial charge in [0.1, 0.15) is 5.84 Å². The first-order valence-electron chi connectivity index (χ1n) is 8.15. The summed E-state index contributed by atoms with van der Waals surface area (Å²) in [6, 6.07) is -0.306. The summed E-state index contributed by atoms with van der Waals surface area (Å²) in [7, 11) is 0. The van der Waals surface area contributed by atoms with Crippen molar-refractivity contribution in [2.45, 2.75) is 51.5 Å². The molecule has 4 heteroatoms. The molecule has 0 aromatic rings. The fourth-order valence-electron chi connectivity index (χ4n) is 5.82. The second-order valence-corrected chi connectivity index (χ2v) is 7.68. The van der Waals surface area contributed by atoms with Gasteiger partial charge in [-0.15, -0.1) is 0 Å². The first-order valence-corrected chi connectivity index (χ1v) is 8.15. The zero-order valence-electron chi connectivity index (χ0n) is 12.3. The molecule has 2 N–H and O–H groups in total. The standard InChI is InChI=1S/C16H25N3O/c1-10-18-2-3-19(10)15(20)14(17)16-7-11-4-12(8-16)6-13(5-11)9-16/h11-14H,2-9,17H2,1H3. The van der Waals surface area contributed by atoms with E-state index in [0.717, 1.165) is 36.7 Å². The fraction of sp³-hybridized carbons (Fsp3) is 0.875. The third-order valence-electron chi connectivity index (χ3n) is 6.33. The summed E-state index contributed by atoms with van der Waals surface area (Å²) in [5.74, 6) is 3.51. The van der Waals surface area contributed by atoms with Crippen molar-refractivity contribution < 1.29 is 4.79 Å². The lowest BCUT2D eigenvalue weighted by Crippen LogP contribution is -2.60. The summed E-state index contributed by atoms with van der Waals surface area (Å²) in [5, 5.41) is 0. The van der Waals surface area contributed by atoms with Crippen LogP contribution in [-0.4, -0.2) is 35.8 Å². The Bertz CT molecular complexity index is 435. The molecule has 1 atom stereocenters. The Kier molecular flexibility index (Phi) is 2.75. The molecule has 1 heterocycles. The van der Waals surface area contributed by atoms with Crippen LogP contribution in [0.1, 0.15) is 45.4 Å². The van der Waals surface area contributed by atoms with Crippen LogP contribution in [0.2, 0.25) is 0 Å². The molecular formula is C16H25N3O. The smallest absolute Gasteiger partial charge is 0.245 e. The van der Waals surface area contributed by atoms with Crippen molar-refractivity contribution in [3.05, 3.63) is 0 Å². The molecule has 1 aliphatic heterocycles. The highest BCUT2D eigenvalue weighted by Crippen LogP contribution is 2.61. The Morgan fingerprint density at radius 1 is 1.25 bits per heavy atom. The number of hydrogen-bond acceptors (Lipinski definition) is 3. The Balaban J connectivity index is 1.57. The molecule has 1 unspecified atom stereocenters. The van der Waals surface area contributed by atoms with Gasteiger partial charge in [-0.25, -0.2) is 0 Å². The van der Waals surface area contributed by atoms with Crippen LogP contribution in [0.15, 0.2) is 4.99 Å². The Morgan fingerprint density at radius 3 is 2.25 bits per heavy atom. The molecule has 110 valence electrons. The number of aliphatic imine (C=N–C) groups is 1. The van der Waals surface area contributed by atoms with E-state index in [4.69, 9.17) is 5.73 Å². The van der Waals surface area contributed by atoms with Gasteiger partial charge in [-0.2, -0.15) is 0 Å². The van der Waals surface area contributed by atoms with E-state index in [1.165, 1.54) is 38.5 Å². The van der Waals surface area contributed by atoms with E-state index < -0.39 is 0 Å². The minimum atomic E-state index is -0.306. The van der Waals surface area contributed by atoms with E-state index >= 15 is 0 Å². The lowest BCUT2D eigenvalue weighted by molar-refractivity contribution is -0.138. The molecule has 20 heavy (non-hydrogen) atoms. The summed E-state index contributed by atoms with van der Waals surface area (Å²) in [6.45, 7) is 3.40. The predicted octanol–water partition coefficient (Wildman–Crippen LogP) is 1.79. The minimum Gasteiger partial charge on any atom is -0.319 e. The normalized spacial score (nSPS) is 43.8. The number of amidine groups is 1. The van der Waals surface area contributed by atoms with Gasteiger partial charge in [0.2, 0.25) is 5.91 Å². The van der Waals surface area contributed by atoms with Gasteiger partial charge >= 0.3 is 0 Å². The van der Waals surface area contributed by atoms with Crippen LogP contribution in [-0.2, 0) is 4.79 Å². The topological polar surface area (TPSA) is 58.7 Å². The van der Waals surface area contributed by atoms with Crippen LogP contribution < -0.4 is 5.73 Å². The van der Waals surface area contributed by atoms with Crippen molar-refractivity contribution in [2.75, 3.05) is 13.1 Å². The molecule has 4 nitrogen and oxygen atoms in total. The number of nitrogens with zero attached hydrogens (tertiary/aromatic N) is 2. The predicted molar refractivity (Wildman–Crippen MR) is 78.3 cm³/mol. The average molecular weight is 275 g/mol. The van der Waals surface area contributed by atoms with E-state index in [1.807, 2.05) is 11.8 Å². The monoisotopic (exact) mass is 275 g/mol. The van der Waals surface area contributed by atoms with Gasteiger partial charge in [0.25, 0.3) is 0 Å². The Hall–Kier alpha value is -0.900. The molecule has 5 aliphatic rings. The number of hydrogen-bond donors (Lipinski definition) is 1. The molecule has 4 fully saturated rings. The number of nitrogens with two attached hydrogens (primary N) is 1. The van der Waals surface area contributed by atoms with E-state index in [9.17, 15) is 4.79 Å². The van der Waals surface area contributed by atoms with Gasteiger partial charge in [-0.3, -0.25) is 14.7 Å². The highest BCUT2D eigenvalue weighted by molar-refractivity contribution is 6.00. The van der Waals surface area contributed by atoms with Crippen LogP contribution in [0.5, 0.6) is 0 Å². The lowest BCUT2D eigenvalue weighted by Gasteiger charge is -2.58. The third kappa shape index (κ3) is 1.77. The first-order chi connectivity index (χ1) is 9.57. The van der Waals surface area contributed by atoms with Crippen molar-refractivity contribution in [1.82, 2.24) is 4.90 Å². The number of carbonyl (C=O) groups is 1. The zero-order valence-corrected chi connectivity index (χ0v) is 12.3. The van der Waals surface area contributed by atoms with Gasteiger partial charge < -0.3 is 5.73 Å². The van der Waals surface area contributed by atoms with E-state index in [0.29, 0.717) is 0 Å².